The Labute approximate surface area is 198 Å². The minimum absolute atomic E-state index is 0.239. The van der Waals surface area contributed by atoms with Gasteiger partial charge in [-0.25, -0.2) is 0 Å². The summed E-state index contributed by atoms with van der Waals surface area (Å²) in [5.74, 6) is 0.766. The maximum Gasteiger partial charge on any atom is 0.170 e. The van der Waals surface area contributed by atoms with E-state index in [0.717, 1.165) is 30.2 Å². The first kappa shape index (κ1) is 23.9. The highest BCUT2D eigenvalue weighted by molar-refractivity contribution is 5.88. The number of aromatic nitrogens is 1. The third kappa shape index (κ3) is 5.65. The molecular weight excluding hydrogens is 410 g/mol. The largest absolute Gasteiger partial charge is 0.396 e. The predicted octanol–water partition coefficient (Wildman–Crippen LogP) is 5.06. The summed E-state index contributed by atoms with van der Waals surface area (Å²) in [6, 6.07) is 14.9. The van der Waals surface area contributed by atoms with Gasteiger partial charge in [-0.3, -0.25) is 0 Å². The summed E-state index contributed by atoms with van der Waals surface area (Å²) in [5.41, 5.74) is 5.88. The van der Waals surface area contributed by atoms with Crippen LogP contribution in [-0.4, -0.2) is 55.5 Å². The van der Waals surface area contributed by atoms with Crippen molar-refractivity contribution in [1.29, 1.82) is 0 Å². The van der Waals surface area contributed by atoms with Gasteiger partial charge < -0.3 is 19.8 Å². The van der Waals surface area contributed by atoms with Crippen molar-refractivity contribution >= 4 is 11.0 Å². The SMILES string of the molecule is CNC.Cc1c(-c2ccccc2)ccc2c(CCC3CCN(CC4(CO)CC4)CC3)noc12. The fourth-order valence-corrected chi connectivity index (χ4v) is 5.09. The standard InChI is InChI=1S/C26H32N2O2.C2H7N/c1-19-22(21-5-3-2-4-6-21)8-9-23-24(27-30-25(19)23)10-7-20-11-15-28(16-12-20)17-26(18-29)13-14-26;1-3-2/h2-6,8-9,20,29H,7,10-18H2,1H3;3H,1-2H3. The number of benzene rings is 2. The lowest BCUT2D eigenvalue weighted by molar-refractivity contribution is 0.115. The molecule has 1 aromatic heterocycles. The second-order valence-corrected chi connectivity index (χ2v) is 10.0. The minimum Gasteiger partial charge on any atom is -0.396 e. The Bertz CT molecular complexity index is 1020. The smallest absolute Gasteiger partial charge is 0.170 e. The molecular formula is C28H39N3O2. The zero-order valence-electron chi connectivity index (χ0n) is 20.4. The van der Waals surface area contributed by atoms with Gasteiger partial charge in [0.15, 0.2) is 5.58 Å². The molecule has 2 fully saturated rings. The topological polar surface area (TPSA) is 61.5 Å². The molecule has 0 spiro atoms. The van der Waals surface area contributed by atoms with Gasteiger partial charge in [-0.2, -0.15) is 0 Å². The molecule has 2 N–H and O–H groups in total. The van der Waals surface area contributed by atoms with Gasteiger partial charge in [0.05, 0.1) is 5.69 Å². The maximum absolute atomic E-state index is 9.57. The third-order valence-corrected chi connectivity index (χ3v) is 7.40. The molecule has 5 heteroatoms. The molecule has 178 valence electrons. The van der Waals surface area contributed by atoms with Crippen molar-refractivity contribution in [3.63, 3.8) is 0 Å². The molecule has 1 aliphatic carbocycles. The Hall–Kier alpha value is -2.21. The van der Waals surface area contributed by atoms with E-state index in [9.17, 15) is 5.11 Å². The minimum atomic E-state index is 0.239. The van der Waals surface area contributed by atoms with Crippen LogP contribution in [0, 0.1) is 18.3 Å². The molecule has 0 atom stereocenters. The fraction of sp³-hybridized carbons (Fsp3) is 0.536. The van der Waals surface area contributed by atoms with E-state index >= 15 is 0 Å². The van der Waals surface area contributed by atoms with Crippen LogP contribution in [-0.2, 0) is 6.42 Å². The van der Waals surface area contributed by atoms with Crippen molar-refractivity contribution in [1.82, 2.24) is 15.4 Å². The monoisotopic (exact) mass is 449 g/mol. The van der Waals surface area contributed by atoms with Crippen LogP contribution in [0.2, 0.25) is 0 Å². The van der Waals surface area contributed by atoms with E-state index < -0.39 is 0 Å². The summed E-state index contributed by atoms with van der Waals surface area (Å²) in [7, 11) is 3.75. The van der Waals surface area contributed by atoms with Crippen molar-refractivity contribution in [2.45, 2.75) is 45.4 Å². The van der Waals surface area contributed by atoms with Gasteiger partial charge in [0.25, 0.3) is 0 Å². The molecule has 0 amide bonds. The van der Waals surface area contributed by atoms with Crippen LogP contribution >= 0.6 is 0 Å². The van der Waals surface area contributed by atoms with Gasteiger partial charge in [0.1, 0.15) is 0 Å². The molecule has 1 saturated carbocycles. The molecule has 1 aliphatic heterocycles. The van der Waals surface area contributed by atoms with E-state index in [1.807, 2.05) is 20.2 Å². The van der Waals surface area contributed by atoms with E-state index in [2.05, 4.69) is 58.7 Å². The number of nitrogens with zero attached hydrogens (tertiary/aromatic N) is 2. The van der Waals surface area contributed by atoms with Crippen LogP contribution in [0.15, 0.2) is 47.0 Å². The second-order valence-electron chi connectivity index (χ2n) is 10.0. The Morgan fingerprint density at radius 1 is 1.09 bits per heavy atom. The molecule has 1 saturated heterocycles. The average Bonchev–Trinajstić information content (AvgIpc) is 3.49. The normalized spacial score (nSPS) is 18.2. The van der Waals surface area contributed by atoms with Crippen LogP contribution in [0.25, 0.3) is 22.1 Å². The van der Waals surface area contributed by atoms with Crippen LogP contribution in [0.1, 0.15) is 43.4 Å². The van der Waals surface area contributed by atoms with Gasteiger partial charge in [-0.15, -0.1) is 0 Å². The predicted molar refractivity (Wildman–Crippen MR) is 135 cm³/mol. The van der Waals surface area contributed by atoms with Gasteiger partial charge in [-0.1, -0.05) is 41.6 Å². The summed E-state index contributed by atoms with van der Waals surface area (Å²) in [6.07, 6.45) is 7.09. The van der Waals surface area contributed by atoms with Gasteiger partial charge in [0.2, 0.25) is 0 Å². The lowest BCUT2D eigenvalue weighted by atomic mass is 9.90. The van der Waals surface area contributed by atoms with Gasteiger partial charge >= 0.3 is 0 Å². The molecule has 33 heavy (non-hydrogen) atoms. The van der Waals surface area contributed by atoms with E-state index in [-0.39, 0.29) is 5.41 Å². The van der Waals surface area contributed by atoms with Crippen molar-refractivity contribution in [3.8, 4) is 11.1 Å². The van der Waals surface area contributed by atoms with Gasteiger partial charge in [-0.05, 0) is 95.7 Å². The number of hydrogen-bond donors (Lipinski definition) is 2. The maximum atomic E-state index is 9.57. The number of fused-ring (bicyclic) bond motifs is 1. The summed E-state index contributed by atoms with van der Waals surface area (Å²) in [6.45, 7) is 5.93. The first-order chi connectivity index (χ1) is 16.1. The first-order valence-electron chi connectivity index (χ1n) is 12.4. The molecule has 2 aromatic carbocycles. The van der Waals surface area contributed by atoms with Crippen molar-refractivity contribution in [2.75, 3.05) is 40.3 Å². The molecule has 0 bridgehead atoms. The number of aryl methyl sites for hydroxylation is 2. The van der Waals surface area contributed by atoms with E-state index in [4.69, 9.17) is 4.52 Å². The summed E-state index contributed by atoms with van der Waals surface area (Å²) in [5, 5.41) is 17.9. The van der Waals surface area contributed by atoms with Gasteiger partial charge in [0, 0.05) is 29.5 Å². The van der Waals surface area contributed by atoms with E-state index in [1.54, 1.807) is 0 Å². The van der Waals surface area contributed by atoms with Crippen LogP contribution in [0.5, 0.6) is 0 Å². The number of nitrogens with one attached hydrogen (secondary N) is 1. The number of likely N-dealkylation sites (tertiary alicyclic amines) is 1. The Kier molecular flexibility index (Phi) is 7.84. The number of rotatable bonds is 7. The lowest BCUT2D eigenvalue weighted by Gasteiger charge is -2.34. The van der Waals surface area contributed by atoms with Crippen molar-refractivity contribution in [2.24, 2.45) is 11.3 Å². The summed E-state index contributed by atoms with van der Waals surface area (Å²) in [4.78, 5) is 2.57. The highest BCUT2D eigenvalue weighted by Crippen LogP contribution is 2.46. The summed E-state index contributed by atoms with van der Waals surface area (Å²) >= 11 is 0. The second kappa shape index (κ2) is 10.8. The number of aliphatic hydroxyl groups is 1. The first-order valence-corrected chi connectivity index (χ1v) is 12.4. The number of hydrogen-bond acceptors (Lipinski definition) is 5. The number of piperidine rings is 1. The van der Waals surface area contributed by atoms with Crippen molar-refractivity contribution < 1.29 is 9.63 Å². The molecule has 0 unspecified atom stereocenters. The van der Waals surface area contributed by atoms with Crippen LogP contribution in [0.4, 0.5) is 0 Å². The van der Waals surface area contributed by atoms with E-state index in [0.29, 0.717) is 6.61 Å². The quantitative estimate of drug-likeness (QED) is 0.528. The van der Waals surface area contributed by atoms with Crippen LogP contribution < -0.4 is 5.32 Å². The zero-order chi connectivity index (χ0) is 23.3. The molecule has 5 rings (SSSR count). The number of aliphatic hydroxyl groups excluding tert-OH is 1. The molecule has 3 aromatic rings. The molecule has 5 nitrogen and oxygen atoms in total. The molecule has 0 radical (unpaired) electrons. The lowest BCUT2D eigenvalue weighted by Crippen LogP contribution is -2.38. The van der Waals surface area contributed by atoms with Crippen LogP contribution in [0.3, 0.4) is 0 Å². The molecule has 2 heterocycles. The average molecular weight is 450 g/mol. The Morgan fingerprint density at radius 2 is 1.79 bits per heavy atom. The Balaban J connectivity index is 0.000000821. The highest BCUT2D eigenvalue weighted by atomic mass is 16.5. The Morgan fingerprint density at radius 3 is 2.42 bits per heavy atom. The zero-order valence-corrected chi connectivity index (χ0v) is 20.4. The van der Waals surface area contributed by atoms with E-state index in [1.165, 1.54) is 67.3 Å². The van der Waals surface area contributed by atoms with Crippen molar-refractivity contribution in [3.05, 3.63) is 53.7 Å². The summed E-state index contributed by atoms with van der Waals surface area (Å²) < 4.78 is 5.79. The third-order valence-electron chi connectivity index (χ3n) is 7.40. The molecule has 2 aliphatic rings. The highest BCUT2D eigenvalue weighted by Gasteiger charge is 2.43. The fourth-order valence-electron chi connectivity index (χ4n) is 5.09.